The van der Waals surface area contributed by atoms with E-state index in [1.165, 1.54) is 11.3 Å². The Bertz CT molecular complexity index is 828. The highest BCUT2D eigenvalue weighted by molar-refractivity contribution is 7.13. The van der Waals surface area contributed by atoms with Gasteiger partial charge in [-0.05, 0) is 25.0 Å². The van der Waals surface area contributed by atoms with Gasteiger partial charge in [0.25, 0.3) is 5.91 Å². The van der Waals surface area contributed by atoms with Crippen LogP contribution in [0.4, 0.5) is 0 Å². The highest BCUT2D eigenvalue weighted by Gasteiger charge is 2.23. The van der Waals surface area contributed by atoms with E-state index in [-0.39, 0.29) is 17.5 Å². The van der Waals surface area contributed by atoms with Crippen molar-refractivity contribution in [1.29, 1.82) is 0 Å². The van der Waals surface area contributed by atoms with Crippen molar-refractivity contribution >= 4 is 40.7 Å². The summed E-state index contributed by atoms with van der Waals surface area (Å²) in [5, 5.41) is 5.14. The van der Waals surface area contributed by atoms with E-state index < -0.39 is 18.5 Å². The van der Waals surface area contributed by atoms with Crippen LogP contribution in [0.5, 0.6) is 0 Å². The van der Waals surface area contributed by atoms with Crippen LogP contribution in [0.2, 0.25) is 5.02 Å². The summed E-state index contributed by atoms with van der Waals surface area (Å²) in [4.78, 5) is 40.2. The van der Waals surface area contributed by atoms with E-state index in [1.807, 2.05) is 0 Å². The number of nitrogens with one attached hydrogen (secondary N) is 1. The zero-order valence-corrected chi connectivity index (χ0v) is 16.1. The van der Waals surface area contributed by atoms with Gasteiger partial charge in [-0.15, -0.1) is 11.3 Å². The molecule has 0 saturated heterocycles. The fraction of sp³-hybridized carbons (Fsp3) is 0.368. The van der Waals surface area contributed by atoms with E-state index in [0.29, 0.717) is 10.0 Å². The van der Waals surface area contributed by atoms with Gasteiger partial charge in [-0.25, -0.2) is 9.78 Å². The average molecular weight is 407 g/mol. The van der Waals surface area contributed by atoms with Crippen LogP contribution in [0.3, 0.4) is 0 Å². The lowest BCUT2D eigenvalue weighted by atomic mass is 9.89. The number of hydrogen-bond donors (Lipinski definition) is 1. The van der Waals surface area contributed by atoms with Gasteiger partial charge < -0.3 is 4.74 Å². The van der Waals surface area contributed by atoms with Crippen LogP contribution < -0.4 is 5.32 Å². The number of carbonyl (C=O) groups is 3. The zero-order valence-electron chi connectivity index (χ0n) is 14.6. The van der Waals surface area contributed by atoms with E-state index in [1.54, 1.807) is 29.6 Å². The number of carbonyl (C=O) groups excluding carboxylic acids is 3. The summed E-state index contributed by atoms with van der Waals surface area (Å²) in [6.07, 6.45) is 4.72. The largest absolute Gasteiger partial charge is 0.451 e. The van der Waals surface area contributed by atoms with Gasteiger partial charge >= 0.3 is 5.97 Å². The molecule has 1 aliphatic carbocycles. The van der Waals surface area contributed by atoms with E-state index >= 15 is 0 Å². The first kappa shape index (κ1) is 19.5. The molecule has 142 valence electrons. The Kier molecular flexibility index (Phi) is 6.58. The van der Waals surface area contributed by atoms with Crippen molar-refractivity contribution in [2.75, 3.05) is 6.61 Å². The van der Waals surface area contributed by atoms with Crippen molar-refractivity contribution < 1.29 is 19.1 Å². The normalized spacial score (nSPS) is 14.6. The molecule has 0 spiro atoms. The lowest BCUT2D eigenvalue weighted by Gasteiger charge is -2.20. The quantitative estimate of drug-likeness (QED) is 0.762. The number of hydrogen-bond acceptors (Lipinski definition) is 6. The lowest BCUT2D eigenvalue weighted by Crippen LogP contribution is -2.38. The maximum absolute atomic E-state index is 12.1. The predicted molar refractivity (Wildman–Crippen MR) is 103 cm³/mol. The molecule has 0 bridgehead atoms. The average Bonchev–Trinajstić information content (AvgIpc) is 3.17. The van der Waals surface area contributed by atoms with E-state index in [0.717, 1.165) is 37.7 Å². The Labute approximate surface area is 165 Å². The van der Waals surface area contributed by atoms with Crippen molar-refractivity contribution in [2.45, 2.75) is 32.1 Å². The Morgan fingerprint density at radius 2 is 1.85 bits per heavy atom. The topological polar surface area (TPSA) is 85.4 Å². The maximum atomic E-state index is 12.1. The minimum Gasteiger partial charge on any atom is -0.451 e. The smallest absolute Gasteiger partial charge is 0.358 e. The van der Waals surface area contributed by atoms with Gasteiger partial charge in [0.05, 0.1) is 0 Å². The molecule has 8 heteroatoms. The number of thiazole rings is 1. The zero-order chi connectivity index (χ0) is 19.2. The van der Waals surface area contributed by atoms with E-state index in [4.69, 9.17) is 16.3 Å². The summed E-state index contributed by atoms with van der Waals surface area (Å²) < 4.78 is 4.97. The van der Waals surface area contributed by atoms with Crippen molar-refractivity contribution in [3.8, 4) is 10.6 Å². The summed E-state index contributed by atoms with van der Waals surface area (Å²) in [5.41, 5.74) is 0.954. The molecule has 1 aromatic heterocycles. The number of aromatic nitrogens is 1. The molecule has 1 heterocycles. The molecule has 2 amide bonds. The highest BCUT2D eigenvalue weighted by atomic mass is 35.5. The van der Waals surface area contributed by atoms with Crippen molar-refractivity contribution in [1.82, 2.24) is 10.3 Å². The molecule has 1 aliphatic rings. The van der Waals surface area contributed by atoms with Gasteiger partial charge in [0.1, 0.15) is 5.01 Å². The Balaban J connectivity index is 1.49. The maximum Gasteiger partial charge on any atom is 0.358 e. The molecule has 1 N–H and O–H groups in total. The van der Waals surface area contributed by atoms with Gasteiger partial charge in [0.15, 0.2) is 12.3 Å². The first-order valence-corrected chi connectivity index (χ1v) is 10.0. The highest BCUT2D eigenvalue weighted by Crippen LogP contribution is 2.25. The Morgan fingerprint density at radius 1 is 1.15 bits per heavy atom. The van der Waals surface area contributed by atoms with Crippen LogP contribution in [-0.4, -0.2) is 29.4 Å². The number of rotatable bonds is 5. The molecule has 0 unspecified atom stereocenters. The number of esters is 1. The number of nitrogens with zero attached hydrogens (tertiary/aromatic N) is 1. The van der Waals surface area contributed by atoms with Gasteiger partial charge in [0.2, 0.25) is 5.91 Å². The number of ether oxygens (including phenoxy) is 1. The lowest BCUT2D eigenvalue weighted by molar-refractivity contribution is -0.135. The SMILES string of the molecule is O=C(COC(=O)c1csc(-c2ccc(Cl)cc2)n1)NC(=O)C1CCCCC1. The van der Waals surface area contributed by atoms with E-state index in [2.05, 4.69) is 10.3 Å². The second-order valence-electron chi connectivity index (χ2n) is 6.37. The van der Waals surface area contributed by atoms with Crippen LogP contribution in [-0.2, 0) is 14.3 Å². The monoisotopic (exact) mass is 406 g/mol. The Morgan fingerprint density at radius 3 is 2.56 bits per heavy atom. The molecular weight excluding hydrogens is 388 g/mol. The van der Waals surface area contributed by atoms with Crippen LogP contribution in [0.1, 0.15) is 42.6 Å². The standard InChI is InChI=1S/C19H19ClN2O4S/c20-14-8-6-13(7-9-14)18-21-15(11-27-18)19(25)26-10-16(23)22-17(24)12-4-2-1-3-5-12/h6-9,11-12H,1-5,10H2,(H,22,23,24). The van der Waals surface area contributed by atoms with Crippen LogP contribution >= 0.6 is 22.9 Å². The van der Waals surface area contributed by atoms with Gasteiger partial charge in [-0.1, -0.05) is 43.0 Å². The minimum atomic E-state index is -0.702. The molecule has 0 radical (unpaired) electrons. The number of amides is 2. The molecule has 27 heavy (non-hydrogen) atoms. The summed E-state index contributed by atoms with van der Waals surface area (Å²) in [6.45, 7) is -0.509. The molecule has 0 aliphatic heterocycles. The summed E-state index contributed by atoms with van der Waals surface area (Å²) in [5.74, 6) is -1.73. The van der Waals surface area contributed by atoms with Gasteiger partial charge in [0, 0.05) is 21.9 Å². The van der Waals surface area contributed by atoms with Crippen LogP contribution in [0, 0.1) is 5.92 Å². The fourth-order valence-corrected chi connectivity index (χ4v) is 3.86. The number of imide groups is 1. The Hall–Kier alpha value is -2.25. The fourth-order valence-electron chi connectivity index (χ4n) is 2.94. The molecule has 6 nitrogen and oxygen atoms in total. The van der Waals surface area contributed by atoms with Crippen LogP contribution in [0.25, 0.3) is 10.6 Å². The molecule has 1 aromatic carbocycles. The van der Waals surface area contributed by atoms with Crippen molar-refractivity contribution in [2.24, 2.45) is 5.92 Å². The molecule has 3 rings (SSSR count). The minimum absolute atomic E-state index is 0.122. The predicted octanol–water partition coefficient (Wildman–Crippen LogP) is 3.84. The molecule has 1 fully saturated rings. The second kappa shape index (κ2) is 9.10. The summed E-state index contributed by atoms with van der Waals surface area (Å²) in [7, 11) is 0. The third-order valence-electron chi connectivity index (χ3n) is 4.38. The molecule has 0 atom stereocenters. The second-order valence-corrected chi connectivity index (χ2v) is 7.66. The molecular formula is C19H19ClN2O4S. The van der Waals surface area contributed by atoms with E-state index in [9.17, 15) is 14.4 Å². The third kappa shape index (κ3) is 5.37. The number of benzene rings is 1. The summed E-state index contributed by atoms with van der Waals surface area (Å²) >= 11 is 7.15. The molecule has 1 saturated carbocycles. The van der Waals surface area contributed by atoms with Gasteiger partial charge in [-0.3, -0.25) is 14.9 Å². The first-order chi connectivity index (χ1) is 13.0. The third-order valence-corrected chi connectivity index (χ3v) is 5.52. The first-order valence-electron chi connectivity index (χ1n) is 8.75. The molecule has 2 aromatic rings. The van der Waals surface area contributed by atoms with Crippen molar-refractivity contribution in [3.63, 3.8) is 0 Å². The van der Waals surface area contributed by atoms with Gasteiger partial charge in [-0.2, -0.15) is 0 Å². The van der Waals surface area contributed by atoms with Crippen molar-refractivity contribution in [3.05, 3.63) is 40.4 Å². The number of halogens is 1. The summed E-state index contributed by atoms with van der Waals surface area (Å²) in [6, 6.07) is 7.09. The van der Waals surface area contributed by atoms with Crippen LogP contribution in [0.15, 0.2) is 29.6 Å².